The third-order valence-electron chi connectivity index (χ3n) is 6.75. The molecule has 0 bridgehead atoms. The highest BCUT2D eigenvalue weighted by molar-refractivity contribution is 5.83. The summed E-state index contributed by atoms with van der Waals surface area (Å²) in [6.45, 7) is 3.82. The minimum absolute atomic E-state index is 0.0241. The van der Waals surface area contributed by atoms with Gasteiger partial charge in [-0.1, -0.05) is 48.5 Å². The summed E-state index contributed by atoms with van der Waals surface area (Å²) >= 11 is 0. The number of carboxylic acids is 1. The number of alkyl carbamates (subject to hydrolysis) is 1. The number of hydrogen-bond donors (Lipinski definition) is 3. The molecule has 2 atom stereocenters. The second-order valence-electron chi connectivity index (χ2n) is 9.58. The van der Waals surface area contributed by atoms with Crippen LogP contribution in [0.15, 0.2) is 48.5 Å². The number of hydrogen-bond acceptors (Lipinski definition) is 4. The van der Waals surface area contributed by atoms with Crippen molar-refractivity contribution in [2.24, 2.45) is 11.3 Å². The third kappa shape index (κ3) is 4.87. The highest BCUT2D eigenvalue weighted by atomic mass is 16.5. The van der Waals surface area contributed by atoms with Gasteiger partial charge in [-0.15, -0.1) is 0 Å². The highest BCUT2D eigenvalue weighted by Gasteiger charge is 2.35. The standard InChI is InChI=1S/C26H30N2O5/c1-26(2,24(31)28-17-12-11-16(13-17)23(29)30)15-27-25(32)33-14-22-20-9-5-3-7-18(20)19-8-4-6-10-21(19)22/h3-10,16-17,22H,11-15H2,1-2H3,(H,27,32)(H,28,31)(H,29,30)/t16-,17+/m0/s1. The van der Waals surface area contributed by atoms with Crippen molar-refractivity contribution in [2.75, 3.05) is 13.2 Å². The molecular formula is C26H30N2O5. The van der Waals surface area contributed by atoms with Gasteiger partial charge in [-0.3, -0.25) is 9.59 Å². The quantitative estimate of drug-likeness (QED) is 0.593. The largest absolute Gasteiger partial charge is 0.481 e. The van der Waals surface area contributed by atoms with E-state index in [0.29, 0.717) is 19.3 Å². The smallest absolute Gasteiger partial charge is 0.407 e. The number of ether oxygens (including phenoxy) is 1. The minimum Gasteiger partial charge on any atom is -0.481 e. The number of aliphatic carboxylic acids is 1. The van der Waals surface area contributed by atoms with Crippen LogP contribution in [0.4, 0.5) is 4.79 Å². The average molecular weight is 451 g/mol. The molecule has 7 heteroatoms. The molecule has 4 rings (SSSR count). The van der Waals surface area contributed by atoms with E-state index in [4.69, 9.17) is 9.84 Å². The fraction of sp³-hybridized carbons (Fsp3) is 0.423. The maximum absolute atomic E-state index is 12.7. The first kappa shape index (κ1) is 22.8. The molecule has 2 aliphatic rings. The van der Waals surface area contributed by atoms with Gasteiger partial charge in [0.05, 0.1) is 11.3 Å². The summed E-state index contributed by atoms with van der Waals surface area (Å²) in [5, 5.41) is 14.8. The average Bonchev–Trinajstić information content (AvgIpc) is 3.39. The minimum atomic E-state index is -0.854. The zero-order chi connectivity index (χ0) is 23.6. The van der Waals surface area contributed by atoms with Crippen LogP contribution in [0.2, 0.25) is 0 Å². The van der Waals surface area contributed by atoms with Crippen molar-refractivity contribution in [3.63, 3.8) is 0 Å². The number of amides is 2. The molecule has 0 heterocycles. The van der Waals surface area contributed by atoms with Crippen molar-refractivity contribution in [1.82, 2.24) is 10.6 Å². The van der Waals surface area contributed by atoms with Crippen molar-refractivity contribution in [1.29, 1.82) is 0 Å². The van der Waals surface area contributed by atoms with Crippen molar-refractivity contribution in [3.8, 4) is 11.1 Å². The molecule has 7 nitrogen and oxygen atoms in total. The lowest BCUT2D eigenvalue weighted by molar-refractivity contribution is -0.141. The Morgan fingerprint density at radius 3 is 2.18 bits per heavy atom. The Hall–Kier alpha value is -3.35. The lowest BCUT2D eigenvalue weighted by atomic mass is 9.91. The Bertz CT molecular complexity index is 1020. The zero-order valence-electron chi connectivity index (χ0n) is 19.0. The third-order valence-corrected chi connectivity index (χ3v) is 6.75. The Morgan fingerprint density at radius 1 is 1.00 bits per heavy atom. The number of fused-ring (bicyclic) bond motifs is 3. The van der Waals surface area contributed by atoms with Crippen LogP contribution in [0.1, 0.15) is 50.2 Å². The van der Waals surface area contributed by atoms with E-state index < -0.39 is 23.4 Å². The van der Waals surface area contributed by atoms with Gasteiger partial charge in [-0.05, 0) is 55.4 Å². The normalized spacial score (nSPS) is 19.5. The van der Waals surface area contributed by atoms with Gasteiger partial charge in [0, 0.05) is 18.5 Å². The molecular weight excluding hydrogens is 420 g/mol. The fourth-order valence-electron chi connectivity index (χ4n) is 4.74. The first-order valence-corrected chi connectivity index (χ1v) is 11.4. The molecule has 0 unspecified atom stereocenters. The van der Waals surface area contributed by atoms with Gasteiger partial charge in [-0.2, -0.15) is 0 Å². The van der Waals surface area contributed by atoms with Crippen LogP contribution in [-0.2, 0) is 14.3 Å². The molecule has 3 N–H and O–H groups in total. The Kier molecular flexibility index (Phi) is 6.40. The van der Waals surface area contributed by atoms with Gasteiger partial charge in [0.2, 0.25) is 5.91 Å². The Labute approximate surface area is 193 Å². The van der Waals surface area contributed by atoms with Gasteiger partial charge in [0.25, 0.3) is 0 Å². The van der Waals surface area contributed by atoms with E-state index in [1.807, 2.05) is 24.3 Å². The summed E-state index contributed by atoms with van der Waals surface area (Å²) in [5.41, 5.74) is 3.76. The van der Waals surface area contributed by atoms with Crippen LogP contribution in [0.25, 0.3) is 11.1 Å². The maximum atomic E-state index is 12.7. The van der Waals surface area contributed by atoms with E-state index in [9.17, 15) is 14.4 Å². The van der Waals surface area contributed by atoms with E-state index in [0.717, 1.165) is 22.3 Å². The van der Waals surface area contributed by atoms with Crippen LogP contribution in [0.5, 0.6) is 0 Å². The number of rotatable bonds is 7. The molecule has 2 aliphatic carbocycles. The SMILES string of the molecule is CC(C)(CNC(=O)OCC1c2ccccc2-c2ccccc21)C(=O)N[C@@H]1CC[C@H](C(=O)O)C1. The number of carbonyl (C=O) groups excluding carboxylic acids is 2. The van der Waals surface area contributed by atoms with Gasteiger partial charge >= 0.3 is 12.1 Å². The van der Waals surface area contributed by atoms with Crippen LogP contribution in [0, 0.1) is 11.3 Å². The molecule has 174 valence electrons. The van der Waals surface area contributed by atoms with Gasteiger partial charge in [-0.25, -0.2) is 4.79 Å². The van der Waals surface area contributed by atoms with Gasteiger partial charge in [0.1, 0.15) is 6.61 Å². The summed E-state index contributed by atoms with van der Waals surface area (Å²) in [6, 6.07) is 16.1. The second-order valence-corrected chi connectivity index (χ2v) is 9.58. The Balaban J connectivity index is 1.29. The summed E-state index contributed by atoms with van der Waals surface area (Å²) in [7, 11) is 0. The molecule has 0 aromatic heterocycles. The van der Waals surface area contributed by atoms with Crippen LogP contribution >= 0.6 is 0 Å². The van der Waals surface area contributed by atoms with E-state index in [1.165, 1.54) is 0 Å². The lowest BCUT2D eigenvalue weighted by Crippen LogP contribution is -2.47. The van der Waals surface area contributed by atoms with E-state index in [1.54, 1.807) is 13.8 Å². The lowest BCUT2D eigenvalue weighted by Gasteiger charge is -2.26. The summed E-state index contributed by atoms with van der Waals surface area (Å²) in [4.78, 5) is 36.3. The Morgan fingerprint density at radius 2 is 1.61 bits per heavy atom. The van der Waals surface area contributed by atoms with Crippen LogP contribution < -0.4 is 10.6 Å². The highest BCUT2D eigenvalue weighted by Crippen LogP contribution is 2.44. The molecule has 0 aliphatic heterocycles. The number of benzene rings is 2. The molecule has 2 aromatic rings. The monoisotopic (exact) mass is 450 g/mol. The molecule has 1 saturated carbocycles. The summed E-state index contributed by atoms with van der Waals surface area (Å²) in [6.07, 6.45) is 1.10. The summed E-state index contributed by atoms with van der Waals surface area (Å²) < 4.78 is 5.54. The fourth-order valence-corrected chi connectivity index (χ4v) is 4.74. The number of carboxylic acid groups (broad SMARTS) is 1. The maximum Gasteiger partial charge on any atom is 0.407 e. The molecule has 1 fully saturated rings. The second kappa shape index (κ2) is 9.25. The zero-order valence-corrected chi connectivity index (χ0v) is 19.0. The molecule has 0 spiro atoms. The molecule has 2 aromatic carbocycles. The topological polar surface area (TPSA) is 105 Å². The van der Waals surface area contributed by atoms with Crippen LogP contribution in [0.3, 0.4) is 0 Å². The van der Waals surface area contributed by atoms with Crippen molar-refractivity contribution in [2.45, 2.75) is 45.1 Å². The van der Waals surface area contributed by atoms with Crippen LogP contribution in [-0.4, -0.2) is 42.3 Å². The molecule has 0 saturated heterocycles. The van der Waals surface area contributed by atoms with Crippen molar-refractivity contribution in [3.05, 3.63) is 59.7 Å². The molecule has 0 radical (unpaired) electrons. The number of carbonyl (C=O) groups is 3. The predicted octanol–water partition coefficient (Wildman–Crippen LogP) is 3.92. The van der Waals surface area contributed by atoms with E-state index in [2.05, 4.69) is 34.9 Å². The first-order valence-electron chi connectivity index (χ1n) is 11.4. The molecule has 33 heavy (non-hydrogen) atoms. The van der Waals surface area contributed by atoms with Crippen molar-refractivity contribution >= 4 is 18.0 Å². The summed E-state index contributed by atoms with van der Waals surface area (Å²) in [5.74, 6) is -1.46. The van der Waals surface area contributed by atoms with Crippen molar-refractivity contribution < 1.29 is 24.2 Å². The van der Waals surface area contributed by atoms with Gasteiger partial charge < -0.3 is 20.5 Å². The van der Waals surface area contributed by atoms with E-state index in [-0.39, 0.29) is 31.0 Å². The van der Waals surface area contributed by atoms with E-state index >= 15 is 0 Å². The predicted molar refractivity (Wildman–Crippen MR) is 124 cm³/mol. The van der Waals surface area contributed by atoms with Gasteiger partial charge in [0.15, 0.2) is 0 Å². The number of nitrogens with one attached hydrogen (secondary N) is 2. The first-order chi connectivity index (χ1) is 15.8. The molecule has 2 amide bonds.